The third-order valence-electron chi connectivity index (χ3n) is 22.0. The van der Waals surface area contributed by atoms with E-state index in [9.17, 15) is 8.22 Å². The van der Waals surface area contributed by atoms with Gasteiger partial charge < -0.3 is 14.0 Å². The van der Waals surface area contributed by atoms with E-state index in [4.69, 9.17) is 2.74 Å². The Morgan fingerprint density at radius 3 is 1.50 bits per heavy atom. The fraction of sp³-hybridized carbons (Fsp3) is 0.0103. The van der Waals surface area contributed by atoms with Crippen LogP contribution in [0.1, 0.15) is 33.2 Å². The molecule has 2 aliphatic carbocycles. The van der Waals surface area contributed by atoms with Gasteiger partial charge in [0.15, 0.2) is 0 Å². The van der Waals surface area contributed by atoms with Gasteiger partial charge in [-0.25, -0.2) is 0 Å². The van der Waals surface area contributed by atoms with E-state index in [0.29, 0.717) is 5.69 Å². The Labute approximate surface area is 607 Å². The minimum Gasteiger partial charge on any atom is -0.310 e. The summed E-state index contributed by atoms with van der Waals surface area (Å²) in [5.41, 5.74) is 29.1. The molecule has 0 N–H and O–H groups in total. The number of benzene rings is 16. The number of para-hydroxylation sites is 4. The summed E-state index contributed by atoms with van der Waals surface area (Å²) in [5.74, 6) is 0. The maximum absolute atomic E-state index is 9.84. The van der Waals surface area contributed by atoms with Crippen LogP contribution in [0.15, 0.2) is 374 Å². The zero-order chi connectivity index (χ0) is 73.7. The molecule has 16 aromatic carbocycles. The third kappa shape index (κ3) is 8.17. The molecule has 3 nitrogen and oxygen atoms in total. The SMILES string of the molecule is [2H]c1c([2H])c([2H])c2c(c1[2H])c1c([2H])c([2H])c([2H])c([2H])c1n2-c1ccc2c(c1)N(c1c(-c3ccccc3)cccc1-c1ccccc1)c1cc(-c3ccc4c(c3)c3ccccc3n4-c3cccc(-c4ccccc4)c3)cc3c1B2c1ccc2c(c1S3)-c1cc(-c3ccccc3)ccc1C21c2ccccc2-c2ccccc21. The van der Waals surface area contributed by atoms with Crippen molar-refractivity contribution in [3.05, 3.63) is 386 Å². The predicted molar refractivity (Wildman–Crippen MR) is 429 cm³/mol. The molecule has 472 valence electrons. The van der Waals surface area contributed by atoms with Crippen LogP contribution in [0, 0.1) is 0 Å². The van der Waals surface area contributed by atoms with Crippen molar-refractivity contribution < 1.29 is 11.0 Å². The lowest BCUT2D eigenvalue weighted by atomic mass is 9.34. The second-order valence-corrected chi connectivity index (χ2v) is 28.2. The number of aromatic nitrogens is 2. The first kappa shape index (κ1) is 49.8. The van der Waals surface area contributed by atoms with Crippen LogP contribution in [0.4, 0.5) is 17.1 Å². The molecule has 4 heterocycles. The van der Waals surface area contributed by atoms with Gasteiger partial charge in [0.2, 0.25) is 6.71 Å². The van der Waals surface area contributed by atoms with E-state index in [0.717, 1.165) is 126 Å². The Morgan fingerprint density at radius 1 is 0.304 bits per heavy atom. The number of hydrogen-bond donors (Lipinski definition) is 0. The molecule has 0 unspecified atom stereocenters. The maximum Gasteiger partial charge on any atom is 0.249 e. The Morgan fingerprint density at radius 2 is 0.814 bits per heavy atom. The van der Waals surface area contributed by atoms with Crippen molar-refractivity contribution in [2.75, 3.05) is 4.90 Å². The van der Waals surface area contributed by atoms with Crippen molar-refractivity contribution >= 4 is 95.5 Å². The Kier molecular flexibility index (Phi) is 10.8. The standard InChI is InChI=1S/C97H60BN3S/c1-5-25-61(26-6-1)65-33-23-34-69(55-65)99-88-46-22-17-39-77(88)78-56-67(48-54-89(78)99)68-58-91-94-92(59-68)102-96-85(53-51-83-93(96)79-57-66(62-27-7-2-8-28-62)47-50-82(79)97(83)80-42-18-13-35-73(80)74-36-14-19-43-81(74)97)98(94)84-52-49-70(100-86-44-20-15-37-75(86)76-38-16-21-45-87(76)100)60-90(84)101(91)95-71(63-29-9-3-10-30-63)40-24-41-72(95)64-31-11-4-12-32-64/h1-60H/i15D,16D,20D,21D,37D,38D,44D,45D. The van der Waals surface area contributed by atoms with Crippen molar-refractivity contribution in [1.29, 1.82) is 0 Å². The van der Waals surface area contributed by atoms with Crippen LogP contribution in [0.3, 0.4) is 0 Å². The van der Waals surface area contributed by atoms with Crippen LogP contribution in [0.5, 0.6) is 0 Å². The van der Waals surface area contributed by atoms with Gasteiger partial charge in [-0.2, -0.15) is 0 Å². The molecule has 0 saturated carbocycles. The van der Waals surface area contributed by atoms with Crippen molar-refractivity contribution in [3.8, 4) is 89.3 Å². The van der Waals surface area contributed by atoms with E-state index in [1.54, 1.807) is 4.57 Å². The molecular formula is C97H60BN3S. The van der Waals surface area contributed by atoms with Gasteiger partial charge in [0.05, 0.1) is 44.1 Å². The molecule has 1 spiro atoms. The summed E-state index contributed by atoms with van der Waals surface area (Å²) in [4.78, 5) is 4.68. The van der Waals surface area contributed by atoms with E-state index in [-0.39, 0.29) is 46.0 Å². The lowest BCUT2D eigenvalue weighted by molar-refractivity contribution is 0.793. The van der Waals surface area contributed by atoms with E-state index in [1.807, 2.05) is 30.0 Å². The Balaban J connectivity index is 0.876. The number of anilines is 3. The highest BCUT2D eigenvalue weighted by Gasteiger charge is 2.54. The molecule has 2 aromatic heterocycles. The largest absolute Gasteiger partial charge is 0.310 e. The maximum atomic E-state index is 9.84. The molecule has 0 radical (unpaired) electrons. The molecule has 18 aromatic rings. The molecule has 2 aliphatic heterocycles. The van der Waals surface area contributed by atoms with Gasteiger partial charge >= 0.3 is 0 Å². The highest BCUT2D eigenvalue weighted by molar-refractivity contribution is 8.00. The van der Waals surface area contributed by atoms with Gasteiger partial charge in [0.1, 0.15) is 0 Å². The lowest BCUT2D eigenvalue weighted by Gasteiger charge is -2.42. The summed E-state index contributed by atoms with van der Waals surface area (Å²) in [6.07, 6.45) is 0. The monoisotopic (exact) mass is 1320 g/mol. The fourth-order valence-electron chi connectivity index (χ4n) is 17.8. The van der Waals surface area contributed by atoms with E-state index in [2.05, 4.69) is 307 Å². The van der Waals surface area contributed by atoms with E-state index >= 15 is 0 Å². The van der Waals surface area contributed by atoms with Gasteiger partial charge in [0.25, 0.3) is 0 Å². The second-order valence-electron chi connectivity index (χ2n) is 27.1. The predicted octanol–water partition coefficient (Wildman–Crippen LogP) is 23.3. The third-order valence-corrected chi connectivity index (χ3v) is 23.2. The van der Waals surface area contributed by atoms with Crippen LogP contribution >= 0.6 is 11.8 Å². The average molecular weight is 1320 g/mol. The molecule has 4 aliphatic rings. The van der Waals surface area contributed by atoms with Crippen LogP contribution < -0.4 is 21.3 Å². The summed E-state index contributed by atoms with van der Waals surface area (Å²) in [6, 6.07) is 111. The first-order chi connectivity index (χ1) is 53.9. The average Bonchev–Trinajstić information content (AvgIpc) is 1.46. The number of nitrogens with zero attached hydrogens (tertiary/aromatic N) is 3. The van der Waals surface area contributed by atoms with Gasteiger partial charge in [0, 0.05) is 70.8 Å². The first-order valence-corrected chi connectivity index (χ1v) is 35.6. The van der Waals surface area contributed by atoms with Crippen molar-refractivity contribution in [3.63, 3.8) is 0 Å². The van der Waals surface area contributed by atoms with Gasteiger partial charge in [-0.1, -0.05) is 308 Å². The van der Waals surface area contributed by atoms with E-state index in [1.165, 1.54) is 44.5 Å². The molecule has 0 bridgehead atoms. The summed E-state index contributed by atoms with van der Waals surface area (Å²) >= 11 is 1.85. The summed E-state index contributed by atoms with van der Waals surface area (Å²) in [5, 5.41) is 2.26. The fourth-order valence-corrected chi connectivity index (χ4v) is 19.2. The van der Waals surface area contributed by atoms with E-state index < -0.39 is 36.3 Å². The van der Waals surface area contributed by atoms with Crippen molar-refractivity contribution in [2.45, 2.75) is 15.2 Å². The molecule has 0 amide bonds. The molecule has 102 heavy (non-hydrogen) atoms. The highest BCUT2D eigenvalue weighted by atomic mass is 32.2. The quantitative estimate of drug-likeness (QED) is 0.141. The van der Waals surface area contributed by atoms with Gasteiger partial charge in [-0.3, -0.25) is 0 Å². The summed E-state index contributed by atoms with van der Waals surface area (Å²) in [7, 11) is 0. The lowest BCUT2D eigenvalue weighted by Crippen LogP contribution is -2.60. The molecule has 5 heteroatoms. The minimum atomic E-state index is -0.675. The van der Waals surface area contributed by atoms with Crippen LogP contribution in [-0.4, -0.2) is 15.8 Å². The smallest absolute Gasteiger partial charge is 0.249 e. The molecule has 22 rings (SSSR count). The molecule has 0 atom stereocenters. The van der Waals surface area contributed by atoms with Crippen molar-refractivity contribution in [1.82, 2.24) is 9.13 Å². The molecule has 0 fully saturated rings. The van der Waals surface area contributed by atoms with Gasteiger partial charge in [-0.15, -0.1) is 0 Å². The summed E-state index contributed by atoms with van der Waals surface area (Å²) in [6.45, 7) is -0.430. The normalized spacial score (nSPS) is 14.4. The summed E-state index contributed by atoms with van der Waals surface area (Å²) < 4.78 is 79.5. The Bertz CT molecular complexity index is 6880. The number of rotatable bonds is 8. The number of fused-ring (bicyclic) bond motifs is 21. The highest BCUT2D eigenvalue weighted by Crippen LogP contribution is 2.65. The van der Waals surface area contributed by atoms with Crippen molar-refractivity contribution in [2.24, 2.45) is 0 Å². The topological polar surface area (TPSA) is 13.1 Å². The van der Waals surface area contributed by atoms with Gasteiger partial charge in [-0.05, 0) is 167 Å². The first-order valence-electron chi connectivity index (χ1n) is 38.8. The van der Waals surface area contributed by atoms with Crippen LogP contribution in [0.2, 0.25) is 0 Å². The Hall–Kier alpha value is -12.7. The van der Waals surface area contributed by atoms with Crippen LogP contribution in [0.25, 0.3) is 133 Å². The van der Waals surface area contributed by atoms with Crippen LogP contribution in [-0.2, 0) is 5.41 Å². The number of hydrogen-bond acceptors (Lipinski definition) is 2. The second kappa shape index (κ2) is 22.2. The molecule has 0 saturated heterocycles. The minimum absolute atomic E-state index is 0.0156. The zero-order valence-corrected chi connectivity index (χ0v) is 55.7. The zero-order valence-electron chi connectivity index (χ0n) is 62.8. The molecular weight excluding hydrogens is 1250 g/mol.